The van der Waals surface area contributed by atoms with E-state index in [0.717, 1.165) is 11.3 Å². The summed E-state index contributed by atoms with van der Waals surface area (Å²) in [5, 5.41) is 2.92. The fourth-order valence-electron chi connectivity index (χ4n) is 3.24. The van der Waals surface area contributed by atoms with Gasteiger partial charge >= 0.3 is 5.97 Å². The molecule has 2 rings (SSSR count). The number of amides is 1. The fraction of sp³-hybridized carbons (Fsp3) is 0.429. The van der Waals surface area contributed by atoms with Crippen molar-refractivity contribution in [2.24, 2.45) is 0 Å². The molecule has 0 radical (unpaired) electrons. The van der Waals surface area contributed by atoms with Gasteiger partial charge in [-0.2, -0.15) is 0 Å². The molecule has 0 aliphatic rings. The van der Waals surface area contributed by atoms with E-state index in [-0.39, 0.29) is 18.6 Å². The van der Waals surface area contributed by atoms with Gasteiger partial charge in [-0.15, -0.1) is 0 Å². The molecule has 0 bridgehead atoms. The molecule has 1 atom stereocenters. The third-order valence-electron chi connectivity index (χ3n) is 4.44. The van der Waals surface area contributed by atoms with Crippen molar-refractivity contribution in [1.29, 1.82) is 0 Å². The monoisotopic (exact) mass is 372 g/mol. The van der Waals surface area contributed by atoms with Gasteiger partial charge in [-0.1, -0.05) is 30.3 Å². The molecule has 2 aromatic rings. The number of nitrogens with one attached hydrogen (secondary N) is 1. The summed E-state index contributed by atoms with van der Waals surface area (Å²) in [5.41, 5.74) is 3.34. The Morgan fingerprint density at radius 3 is 2.44 bits per heavy atom. The van der Waals surface area contributed by atoms with E-state index in [9.17, 15) is 9.59 Å². The summed E-state index contributed by atoms with van der Waals surface area (Å²) in [5.74, 6) is -0.634. The summed E-state index contributed by atoms with van der Waals surface area (Å²) >= 11 is 0. The molecular weight excluding hydrogens is 344 g/mol. The average Bonchev–Trinajstić information content (AvgIpc) is 2.86. The number of benzene rings is 1. The first kappa shape index (κ1) is 20.7. The van der Waals surface area contributed by atoms with Crippen LogP contribution in [0.25, 0.3) is 0 Å². The van der Waals surface area contributed by atoms with E-state index in [1.807, 2.05) is 48.7 Å². The van der Waals surface area contributed by atoms with E-state index in [1.54, 1.807) is 21.0 Å². The number of carbonyl (C=O) groups is 2. The quantitative estimate of drug-likeness (QED) is 0.723. The van der Waals surface area contributed by atoms with E-state index < -0.39 is 5.97 Å². The number of methoxy groups -OCH3 is 1. The van der Waals surface area contributed by atoms with Gasteiger partial charge in [0.2, 0.25) is 0 Å². The van der Waals surface area contributed by atoms with Gasteiger partial charge in [0.1, 0.15) is 5.69 Å². The van der Waals surface area contributed by atoms with Crippen molar-refractivity contribution in [3.05, 3.63) is 58.4 Å². The molecule has 27 heavy (non-hydrogen) atoms. The lowest BCUT2D eigenvalue weighted by Gasteiger charge is -2.13. The van der Waals surface area contributed by atoms with Gasteiger partial charge in [0, 0.05) is 25.4 Å². The van der Waals surface area contributed by atoms with Crippen molar-refractivity contribution >= 4 is 11.9 Å². The van der Waals surface area contributed by atoms with Crippen LogP contribution in [0, 0.1) is 13.8 Å². The largest absolute Gasteiger partial charge is 0.461 e. The molecule has 6 nitrogen and oxygen atoms in total. The third-order valence-corrected chi connectivity index (χ3v) is 4.44. The molecule has 0 saturated heterocycles. The van der Waals surface area contributed by atoms with E-state index in [0.29, 0.717) is 30.0 Å². The zero-order valence-corrected chi connectivity index (χ0v) is 16.7. The van der Waals surface area contributed by atoms with Crippen LogP contribution in [0.5, 0.6) is 0 Å². The Balaban J connectivity index is 2.47. The van der Waals surface area contributed by atoms with Crippen LogP contribution >= 0.6 is 0 Å². The van der Waals surface area contributed by atoms with E-state index in [2.05, 4.69) is 5.32 Å². The fourth-order valence-corrected chi connectivity index (χ4v) is 3.24. The zero-order chi connectivity index (χ0) is 20.0. The summed E-state index contributed by atoms with van der Waals surface area (Å²) in [7, 11) is 1.59. The first-order valence-electron chi connectivity index (χ1n) is 9.11. The van der Waals surface area contributed by atoms with Crippen LogP contribution in [0.15, 0.2) is 30.3 Å². The minimum absolute atomic E-state index is 0.134. The zero-order valence-electron chi connectivity index (χ0n) is 16.7. The number of aromatic nitrogens is 1. The van der Waals surface area contributed by atoms with Gasteiger partial charge in [0.25, 0.3) is 5.91 Å². The van der Waals surface area contributed by atoms with Gasteiger partial charge in [-0.3, -0.25) is 4.79 Å². The summed E-state index contributed by atoms with van der Waals surface area (Å²) in [6.45, 7) is 8.47. The average molecular weight is 372 g/mol. The standard InChI is InChI=1S/C21H28N2O4/c1-6-27-21(25)19-15(3)18(20(24)22-14(2)13-26-5)16(4)23(19)12-17-10-8-7-9-11-17/h7-11,14H,6,12-13H2,1-5H3,(H,22,24)/t14-/m0/s1. The van der Waals surface area contributed by atoms with Crippen molar-refractivity contribution in [1.82, 2.24) is 9.88 Å². The van der Waals surface area contributed by atoms with Gasteiger partial charge in [0.05, 0.1) is 18.8 Å². The Morgan fingerprint density at radius 1 is 1.19 bits per heavy atom. The second kappa shape index (κ2) is 9.37. The lowest BCUT2D eigenvalue weighted by atomic mass is 10.1. The van der Waals surface area contributed by atoms with Crippen molar-refractivity contribution in [2.45, 2.75) is 40.3 Å². The first-order valence-corrected chi connectivity index (χ1v) is 9.11. The van der Waals surface area contributed by atoms with Gasteiger partial charge in [-0.05, 0) is 38.8 Å². The molecule has 1 aromatic heterocycles. The molecule has 0 aliphatic heterocycles. The van der Waals surface area contributed by atoms with Crippen LogP contribution in [-0.2, 0) is 16.0 Å². The third kappa shape index (κ3) is 4.77. The molecule has 1 amide bonds. The molecule has 1 N–H and O–H groups in total. The summed E-state index contributed by atoms with van der Waals surface area (Å²) in [4.78, 5) is 25.4. The summed E-state index contributed by atoms with van der Waals surface area (Å²) < 4.78 is 12.2. The SMILES string of the molecule is CCOC(=O)c1c(C)c(C(=O)N[C@@H](C)COC)c(C)n1Cc1ccccc1. The highest BCUT2D eigenvalue weighted by Gasteiger charge is 2.27. The van der Waals surface area contributed by atoms with Crippen LogP contribution in [-0.4, -0.2) is 42.8 Å². The molecule has 0 saturated carbocycles. The lowest BCUT2D eigenvalue weighted by molar-refractivity contribution is 0.0513. The lowest BCUT2D eigenvalue weighted by Crippen LogP contribution is -2.36. The molecule has 0 aliphatic carbocycles. The normalized spacial score (nSPS) is 11.9. The summed E-state index contributed by atoms with van der Waals surface area (Å²) in [6, 6.07) is 9.69. The van der Waals surface area contributed by atoms with Gasteiger partial charge in [0.15, 0.2) is 0 Å². The number of esters is 1. The number of carbonyl (C=O) groups excluding carboxylic acids is 2. The highest BCUT2D eigenvalue weighted by molar-refractivity contribution is 6.01. The van der Waals surface area contributed by atoms with Gasteiger partial charge < -0.3 is 19.4 Å². The van der Waals surface area contributed by atoms with Crippen LogP contribution < -0.4 is 5.32 Å². The van der Waals surface area contributed by atoms with Crippen LogP contribution in [0.2, 0.25) is 0 Å². The maximum absolute atomic E-state index is 12.8. The number of ether oxygens (including phenoxy) is 2. The van der Waals surface area contributed by atoms with E-state index in [1.165, 1.54) is 0 Å². The van der Waals surface area contributed by atoms with Crippen molar-refractivity contribution in [3.8, 4) is 0 Å². The van der Waals surface area contributed by atoms with Crippen molar-refractivity contribution in [3.63, 3.8) is 0 Å². The molecular formula is C21H28N2O4. The highest BCUT2D eigenvalue weighted by Crippen LogP contribution is 2.24. The minimum atomic E-state index is -0.418. The maximum atomic E-state index is 12.8. The van der Waals surface area contributed by atoms with Crippen LogP contribution in [0.1, 0.15) is 51.5 Å². The Morgan fingerprint density at radius 2 is 1.85 bits per heavy atom. The molecule has 146 valence electrons. The second-order valence-corrected chi connectivity index (χ2v) is 6.56. The van der Waals surface area contributed by atoms with E-state index >= 15 is 0 Å². The maximum Gasteiger partial charge on any atom is 0.355 e. The molecule has 1 heterocycles. The van der Waals surface area contributed by atoms with Crippen LogP contribution in [0.4, 0.5) is 0 Å². The molecule has 1 aromatic carbocycles. The second-order valence-electron chi connectivity index (χ2n) is 6.56. The summed E-state index contributed by atoms with van der Waals surface area (Å²) in [6.07, 6.45) is 0. The predicted molar refractivity (Wildman–Crippen MR) is 104 cm³/mol. The van der Waals surface area contributed by atoms with Crippen molar-refractivity contribution in [2.75, 3.05) is 20.3 Å². The minimum Gasteiger partial charge on any atom is -0.461 e. The number of nitrogens with zero attached hydrogens (tertiary/aromatic N) is 1. The molecule has 0 fully saturated rings. The number of rotatable bonds is 8. The predicted octanol–water partition coefficient (Wildman–Crippen LogP) is 3.09. The Kier molecular flexibility index (Phi) is 7.19. The first-order chi connectivity index (χ1) is 12.9. The smallest absolute Gasteiger partial charge is 0.355 e. The molecule has 0 unspecified atom stereocenters. The van der Waals surface area contributed by atoms with Crippen LogP contribution in [0.3, 0.4) is 0 Å². The Hall–Kier alpha value is -2.60. The Bertz CT molecular complexity index is 796. The molecule has 0 spiro atoms. The Labute approximate surface area is 160 Å². The number of hydrogen-bond donors (Lipinski definition) is 1. The topological polar surface area (TPSA) is 69.6 Å². The van der Waals surface area contributed by atoms with Gasteiger partial charge in [-0.25, -0.2) is 4.79 Å². The van der Waals surface area contributed by atoms with Crippen molar-refractivity contribution < 1.29 is 19.1 Å². The molecule has 6 heteroatoms. The van der Waals surface area contributed by atoms with E-state index in [4.69, 9.17) is 9.47 Å². The number of hydrogen-bond acceptors (Lipinski definition) is 4. The highest BCUT2D eigenvalue weighted by atomic mass is 16.5.